The lowest BCUT2D eigenvalue weighted by Crippen LogP contribution is -2.41. The Kier molecular flexibility index (Phi) is 4.23. The lowest BCUT2D eigenvalue weighted by Gasteiger charge is -2.36. The molecular formula is C14H20ClNO2S. The van der Waals surface area contributed by atoms with Gasteiger partial charge in [-0.05, 0) is 37.4 Å². The van der Waals surface area contributed by atoms with Gasteiger partial charge in [-0.1, -0.05) is 37.6 Å². The van der Waals surface area contributed by atoms with E-state index in [1.165, 1.54) is 0 Å². The van der Waals surface area contributed by atoms with Crippen molar-refractivity contribution in [2.45, 2.75) is 43.4 Å². The number of sulfone groups is 1. The smallest absolute Gasteiger partial charge is 0.183 e. The van der Waals surface area contributed by atoms with Crippen molar-refractivity contribution in [2.24, 2.45) is 5.92 Å². The molecule has 3 nitrogen and oxygen atoms in total. The van der Waals surface area contributed by atoms with Crippen LogP contribution < -0.4 is 5.32 Å². The van der Waals surface area contributed by atoms with Crippen molar-refractivity contribution >= 4 is 21.4 Å². The predicted molar refractivity (Wildman–Crippen MR) is 78.3 cm³/mol. The summed E-state index contributed by atoms with van der Waals surface area (Å²) in [5.41, 5.74) is 0.812. The average molecular weight is 302 g/mol. The molecule has 0 fully saturated rings. The molecule has 106 valence electrons. The Labute approximate surface area is 120 Å². The van der Waals surface area contributed by atoms with Crippen LogP contribution in [0.15, 0.2) is 23.1 Å². The molecule has 0 amide bonds. The zero-order valence-corrected chi connectivity index (χ0v) is 13.1. The third kappa shape index (κ3) is 2.41. The Morgan fingerprint density at radius 3 is 2.63 bits per heavy atom. The maximum Gasteiger partial charge on any atom is 0.183 e. The van der Waals surface area contributed by atoms with Crippen LogP contribution in [0.5, 0.6) is 0 Å². The summed E-state index contributed by atoms with van der Waals surface area (Å²) in [7, 11) is -3.33. The first-order valence-corrected chi connectivity index (χ1v) is 8.59. The van der Waals surface area contributed by atoms with E-state index in [2.05, 4.69) is 12.2 Å². The largest absolute Gasteiger partial charge is 0.310 e. The zero-order chi connectivity index (χ0) is 14.2. The number of fused-ring (bicyclic) bond motifs is 1. The first-order valence-electron chi connectivity index (χ1n) is 6.67. The molecule has 1 N–H and O–H groups in total. The van der Waals surface area contributed by atoms with Crippen molar-refractivity contribution in [2.75, 3.05) is 6.54 Å². The topological polar surface area (TPSA) is 46.2 Å². The van der Waals surface area contributed by atoms with Gasteiger partial charge in [0.1, 0.15) is 0 Å². The van der Waals surface area contributed by atoms with Crippen molar-refractivity contribution in [3.8, 4) is 0 Å². The van der Waals surface area contributed by atoms with Crippen molar-refractivity contribution in [3.63, 3.8) is 0 Å². The quantitative estimate of drug-likeness (QED) is 0.932. The highest BCUT2D eigenvalue weighted by atomic mass is 35.5. The summed E-state index contributed by atoms with van der Waals surface area (Å²) >= 11 is 6.13. The second-order valence-corrected chi connectivity index (χ2v) is 7.85. The van der Waals surface area contributed by atoms with Gasteiger partial charge in [0.05, 0.1) is 15.2 Å². The first-order chi connectivity index (χ1) is 8.91. The average Bonchev–Trinajstić information content (AvgIpc) is 2.36. The monoisotopic (exact) mass is 301 g/mol. The van der Waals surface area contributed by atoms with Crippen molar-refractivity contribution < 1.29 is 8.42 Å². The van der Waals surface area contributed by atoms with E-state index < -0.39 is 15.1 Å². The minimum absolute atomic E-state index is 0.0301. The van der Waals surface area contributed by atoms with Gasteiger partial charge in [0.2, 0.25) is 0 Å². The molecule has 0 aromatic heterocycles. The normalized spacial score (nSPS) is 28.9. The summed E-state index contributed by atoms with van der Waals surface area (Å²) in [6.07, 6.45) is 1.01. The SMILES string of the molecule is CCCNC1c2cccc(Cl)c2S(=O)(=O)C(C)C1C. The Morgan fingerprint density at radius 1 is 1.32 bits per heavy atom. The summed E-state index contributed by atoms with van der Waals surface area (Å²) in [4.78, 5) is 0.316. The predicted octanol–water partition coefficient (Wildman–Crippen LogP) is 3.19. The molecule has 0 spiro atoms. The maximum atomic E-state index is 12.5. The molecule has 0 radical (unpaired) electrons. The van der Waals surface area contributed by atoms with Crippen molar-refractivity contribution in [1.29, 1.82) is 0 Å². The molecule has 5 heteroatoms. The third-order valence-corrected chi connectivity index (χ3v) is 6.85. The number of rotatable bonds is 3. The molecular weight excluding hydrogens is 282 g/mol. The van der Waals surface area contributed by atoms with Gasteiger partial charge < -0.3 is 5.32 Å². The Morgan fingerprint density at radius 2 is 2.00 bits per heavy atom. The molecule has 0 saturated carbocycles. The molecule has 3 unspecified atom stereocenters. The second-order valence-electron chi connectivity index (χ2n) is 5.20. The highest BCUT2D eigenvalue weighted by molar-refractivity contribution is 7.92. The number of hydrogen-bond acceptors (Lipinski definition) is 3. The molecule has 1 aromatic rings. The van der Waals surface area contributed by atoms with Crippen LogP contribution in [0.4, 0.5) is 0 Å². The Balaban J connectivity index is 2.59. The molecule has 1 aliphatic heterocycles. The van der Waals surface area contributed by atoms with Gasteiger partial charge in [-0.2, -0.15) is 0 Å². The highest BCUT2D eigenvalue weighted by Crippen LogP contribution is 2.42. The van der Waals surface area contributed by atoms with Gasteiger partial charge in [0.15, 0.2) is 9.84 Å². The molecule has 0 saturated heterocycles. The summed E-state index contributed by atoms with van der Waals surface area (Å²) in [5, 5.41) is 3.36. The van der Waals surface area contributed by atoms with E-state index in [-0.39, 0.29) is 12.0 Å². The van der Waals surface area contributed by atoms with E-state index in [1.54, 1.807) is 13.0 Å². The molecule has 1 aromatic carbocycles. The molecule has 0 aliphatic carbocycles. The molecule has 2 rings (SSSR count). The first kappa shape index (κ1) is 14.8. The van der Waals surface area contributed by atoms with Crippen molar-refractivity contribution in [1.82, 2.24) is 5.32 Å². The van der Waals surface area contributed by atoms with Gasteiger partial charge in [0.25, 0.3) is 0 Å². The van der Waals surface area contributed by atoms with Crippen LogP contribution >= 0.6 is 11.6 Å². The van der Waals surface area contributed by atoms with Crippen LogP contribution in [0.25, 0.3) is 0 Å². The minimum Gasteiger partial charge on any atom is -0.310 e. The third-order valence-electron chi connectivity index (χ3n) is 3.99. The van der Waals surface area contributed by atoms with E-state index in [0.717, 1.165) is 18.5 Å². The van der Waals surface area contributed by atoms with Crippen LogP contribution in [0.2, 0.25) is 5.02 Å². The zero-order valence-electron chi connectivity index (χ0n) is 11.5. The lowest BCUT2D eigenvalue weighted by atomic mass is 9.91. The fourth-order valence-electron chi connectivity index (χ4n) is 2.69. The van der Waals surface area contributed by atoms with Gasteiger partial charge in [-0.15, -0.1) is 0 Å². The van der Waals surface area contributed by atoms with Crippen LogP contribution in [0.3, 0.4) is 0 Å². The Hall–Kier alpha value is -0.580. The fourth-order valence-corrected chi connectivity index (χ4v) is 5.15. The molecule has 3 atom stereocenters. The molecule has 19 heavy (non-hydrogen) atoms. The standard InChI is InChI=1S/C14H20ClNO2S/c1-4-8-16-13-9(2)10(3)19(17,18)14-11(13)6-5-7-12(14)15/h5-7,9-10,13,16H,4,8H2,1-3H3. The number of nitrogens with one attached hydrogen (secondary N) is 1. The van der Waals surface area contributed by atoms with Crippen LogP contribution in [0.1, 0.15) is 38.8 Å². The van der Waals surface area contributed by atoms with E-state index in [1.807, 2.05) is 19.1 Å². The van der Waals surface area contributed by atoms with E-state index in [9.17, 15) is 8.42 Å². The number of halogens is 1. The van der Waals surface area contributed by atoms with Crippen LogP contribution in [0, 0.1) is 5.92 Å². The van der Waals surface area contributed by atoms with E-state index in [0.29, 0.717) is 9.92 Å². The maximum absolute atomic E-state index is 12.5. The summed E-state index contributed by atoms with van der Waals surface area (Å²) in [5.74, 6) is 0.0301. The summed E-state index contributed by atoms with van der Waals surface area (Å²) < 4.78 is 25.1. The fraction of sp³-hybridized carbons (Fsp3) is 0.571. The highest BCUT2D eigenvalue weighted by Gasteiger charge is 2.42. The molecule has 1 aliphatic rings. The van der Waals surface area contributed by atoms with Gasteiger partial charge in [0, 0.05) is 6.04 Å². The van der Waals surface area contributed by atoms with Gasteiger partial charge >= 0.3 is 0 Å². The number of hydrogen-bond donors (Lipinski definition) is 1. The van der Waals surface area contributed by atoms with E-state index >= 15 is 0 Å². The van der Waals surface area contributed by atoms with Gasteiger partial charge in [-0.3, -0.25) is 0 Å². The summed E-state index contributed by atoms with van der Waals surface area (Å²) in [6, 6.07) is 5.39. The van der Waals surface area contributed by atoms with Crippen molar-refractivity contribution in [3.05, 3.63) is 28.8 Å². The second kappa shape index (κ2) is 5.43. The summed E-state index contributed by atoms with van der Waals surface area (Å²) in [6.45, 7) is 6.72. The Bertz CT molecular complexity index is 571. The number of benzene rings is 1. The van der Waals surface area contributed by atoms with Crippen LogP contribution in [-0.2, 0) is 9.84 Å². The molecule has 1 heterocycles. The van der Waals surface area contributed by atoms with E-state index in [4.69, 9.17) is 11.6 Å². The lowest BCUT2D eigenvalue weighted by molar-refractivity contribution is 0.359. The van der Waals surface area contributed by atoms with Gasteiger partial charge in [-0.25, -0.2) is 8.42 Å². The molecule has 0 bridgehead atoms. The van der Waals surface area contributed by atoms with Crippen LogP contribution in [-0.4, -0.2) is 20.2 Å². The minimum atomic E-state index is -3.33.